The Labute approximate surface area is 290 Å². The molecule has 3 heterocycles. The molecular formula is C40H38N2O8. The van der Waals surface area contributed by atoms with Crippen molar-refractivity contribution in [1.82, 2.24) is 10.2 Å². The standard InChI is InChI=1S/C40H38N2O8/c43-36-35(41-38(44)26-13-4-1-5-14-26)30-18-8-9-19-32(30)47-21-10-3-11-22-48-33-20-12-17-28-24-42-25-29(49-40(36)46)23-31(42)37(34(28)33)50-39(45)27-15-6-2-7-16-27/h1-9,11-20,29,31,35-37,43H,10,21-25H2,(H,41,44)/b11-3+/t29-,31-,35-,36+,37+/m0/s1. The minimum Gasteiger partial charge on any atom is -0.493 e. The third-order valence-electron chi connectivity index (χ3n) is 9.28. The highest BCUT2D eigenvalue weighted by molar-refractivity contribution is 5.95. The van der Waals surface area contributed by atoms with Crippen LogP contribution in [0.4, 0.5) is 0 Å². The summed E-state index contributed by atoms with van der Waals surface area (Å²) in [5.41, 5.74) is 2.97. The first-order chi connectivity index (χ1) is 24.5. The molecular weight excluding hydrogens is 636 g/mol. The molecule has 256 valence electrons. The Balaban J connectivity index is 1.21. The lowest BCUT2D eigenvalue weighted by Gasteiger charge is -2.38. The Morgan fingerprint density at radius 2 is 1.54 bits per heavy atom. The molecule has 0 radical (unpaired) electrons. The number of ether oxygens (including phenoxy) is 4. The van der Waals surface area contributed by atoms with E-state index in [9.17, 15) is 19.5 Å². The fraction of sp³-hybridized carbons (Fsp3) is 0.275. The highest BCUT2D eigenvalue weighted by atomic mass is 16.6. The fourth-order valence-electron chi connectivity index (χ4n) is 6.90. The highest BCUT2D eigenvalue weighted by Gasteiger charge is 2.47. The maximum absolute atomic E-state index is 13.8. The molecule has 1 fully saturated rings. The number of amides is 1. The highest BCUT2D eigenvalue weighted by Crippen LogP contribution is 2.45. The Morgan fingerprint density at radius 3 is 2.34 bits per heavy atom. The lowest BCUT2D eigenvalue weighted by atomic mass is 9.90. The van der Waals surface area contributed by atoms with Gasteiger partial charge in [0, 0.05) is 36.2 Å². The molecule has 1 amide bonds. The third-order valence-corrected chi connectivity index (χ3v) is 9.28. The first-order valence-electron chi connectivity index (χ1n) is 16.8. The molecule has 3 aliphatic heterocycles. The van der Waals surface area contributed by atoms with Crippen LogP contribution in [0.3, 0.4) is 0 Å². The van der Waals surface area contributed by atoms with Crippen molar-refractivity contribution in [2.45, 2.75) is 49.8 Å². The van der Waals surface area contributed by atoms with E-state index < -0.39 is 42.2 Å². The van der Waals surface area contributed by atoms with Crippen LogP contribution in [0.15, 0.2) is 115 Å². The average molecular weight is 675 g/mol. The van der Waals surface area contributed by atoms with Crippen LogP contribution in [0.25, 0.3) is 0 Å². The number of nitrogens with zero attached hydrogens (tertiary/aromatic N) is 1. The molecule has 0 spiro atoms. The zero-order chi connectivity index (χ0) is 34.5. The zero-order valence-electron chi connectivity index (χ0n) is 27.4. The largest absolute Gasteiger partial charge is 0.493 e. The van der Waals surface area contributed by atoms with Gasteiger partial charge in [-0.1, -0.05) is 78.9 Å². The third kappa shape index (κ3) is 7.12. The van der Waals surface area contributed by atoms with Gasteiger partial charge in [0.1, 0.15) is 30.3 Å². The minimum absolute atomic E-state index is 0.292. The number of esters is 2. The summed E-state index contributed by atoms with van der Waals surface area (Å²) in [4.78, 5) is 42.7. The number of rotatable bonds is 4. The van der Waals surface area contributed by atoms with Gasteiger partial charge in [-0.2, -0.15) is 0 Å². The van der Waals surface area contributed by atoms with Crippen LogP contribution in [-0.2, 0) is 20.8 Å². The maximum atomic E-state index is 13.8. The predicted molar refractivity (Wildman–Crippen MR) is 184 cm³/mol. The second-order valence-electron chi connectivity index (χ2n) is 12.5. The summed E-state index contributed by atoms with van der Waals surface area (Å²) < 4.78 is 24.6. The molecule has 3 aliphatic rings. The van der Waals surface area contributed by atoms with Crippen LogP contribution in [0.5, 0.6) is 11.5 Å². The van der Waals surface area contributed by atoms with Crippen LogP contribution in [0.1, 0.15) is 62.4 Å². The van der Waals surface area contributed by atoms with E-state index in [0.717, 1.165) is 11.1 Å². The Hall–Kier alpha value is -5.45. The van der Waals surface area contributed by atoms with Crippen LogP contribution in [0.2, 0.25) is 0 Å². The van der Waals surface area contributed by atoms with Crippen molar-refractivity contribution in [3.63, 3.8) is 0 Å². The van der Waals surface area contributed by atoms with Crippen LogP contribution >= 0.6 is 0 Å². The SMILES string of the molecule is O=C(N[C@H]1c2ccccc2OCC/C=C/COc2cccc3c2[C@H](OC(=O)c2ccccc2)[C@@H]2C[C@@H](CN2C3)OC(=O)[C@@H]1O)c1ccccc1. The summed E-state index contributed by atoms with van der Waals surface area (Å²) in [7, 11) is 0. The minimum atomic E-state index is -1.75. The van der Waals surface area contributed by atoms with Gasteiger partial charge in [-0.25, -0.2) is 9.59 Å². The molecule has 1 saturated heterocycles. The van der Waals surface area contributed by atoms with Gasteiger partial charge in [0.25, 0.3) is 5.91 Å². The Bertz CT molecular complexity index is 1860. The van der Waals surface area contributed by atoms with Gasteiger partial charge in [-0.3, -0.25) is 9.69 Å². The first kappa shape index (κ1) is 33.1. The quantitative estimate of drug-likeness (QED) is 0.218. The van der Waals surface area contributed by atoms with Crippen molar-refractivity contribution < 1.29 is 38.4 Å². The number of hydrogen-bond donors (Lipinski definition) is 2. The second-order valence-corrected chi connectivity index (χ2v) is 12.5. The number of carbonyl (C=O) groups excluding carboxylic acids is 3. The summed E-state index contributed by atoms with van der Waals surface area (Å²) >= 11 is 0. The van der Waals surface area contributed by atoms with Crippen LogP contribution < -0.4 is 14.8 Å². The van der Waals surface area contributed by atoms with Gasteiger partial charge >= 0.3 is 11.9 Å². The summed E-state index contributed by atoms with van der Waals surface area (Å²) in [6.07, 6.45) is 1.67. The normalized spacial score (nSPS) is 24.2. The number of nitrogens with one attached hydrogen (secondary N) is 1. The van der Waals surface area contributed by atoms with Crippen molar-refractivity contribution in [3.8, 4) is 11.5 Å². The monoisotopic (exact) mass is 674 g/mol. The van der Waals surface area contributed by atoms with E-state index >= 15 is 0 Å². The van der Waals surface area contributed by atoms with Crippen molar-refractivity contribution in [1.29, 1.82) is 0 Å². The molecule has 0 saturated carbocycles. The molecule has 5 atom stereocenters. The lowest BCUT2D eigenvalue weighted by molar-refractivity contribution is -0.160. The second kappa shape index (κ2) is 15.0. The molecule has 0 aromatic heterocycles. The zero-order valence-corrected chi connectivity index (χ0v) is 27.4. The maximum Gasteiger partial charge on any atom is 0.338 e. The smallest absolute Gasteiger partial charge is 0.338 e. The van der Waals surface area contributed by atoms with Crippen LogP contribution in [-0.4, -0.2) is 65.9 Å². The van der Waals surface area contributed by atoms with Crippen LogP contribution in [0, 0.1) is 0 Å². The van der Waals surface area contributed by atoms with Crippen molar-refractivity contribution in [2.24, 2.45) is 0 Å². The van der Waals surface area contributed by atoms with E-state index in [-0.39, 0.29) is 6.04 Å². The summed E-state index contributed by atoms with van der Waals surface area (Å²) in [5, 5.41) is 14.5. The van der Waals surface area contributed by atoms with Crippen molar-refractivity contribution >= 4 is 17.8 Å². The molecule has 4 aromatic carbocycles. The molecule has 10 heteroatoms. The topological polar surface area (TPSA) is 124 Å². The van der Waals surface area contributed by atoms with Gasteiger partial charge in [0.05, 0.1) is 24.3 Å². The number of carbonyl (C=O) groups is 3. The Kier molecular flexibility index (Phi) is 9.91. The van der Waals surface area contributed by atoms with Gasteiger partial charge in [0.15, 0.2) is 6.10 Å². The lowest BCUT2D eigenvalue weighted by Crippen LogP contribution is -2.42. The molecule has 4 aromatic rings. The van der Waals surface area contributed by atoms with Gasteiger partial charge in [-0.15, -0.1) is 0 Å². The van der Waals surface area contributed by atoms with E-state index in [0.29, 0.717) is 67.3 Å². The molecule has 2 N–H and O–H groups in total. The molecule has 0 unspecified atom stereocenters. The molecule has 3 bridgehead atoms. The molecule has 50 heavy (non-hydrogen) atoms. The van der Waals surface area contributed by atoms with E-state index in [4.69, 9.17) is 18.9 Å². The van der Waals surface area contributed by atoms with Crippen molar-refractivity contribution in [3.05, 3.63) is 143 Å². The summed E-state index contributed by atoms with van der Waals surface area (Å²) in [5.74, 6) is -0.778. The fourth-order valence-corrected chi connectivity index (χ4v) is 6.90. The van der Waals surface area contributed by atoms with Gasteiger partial charge in [-0.05, 0) is 48.4 Å². The number of para-hydroxylation sites is 1. The summed E-state index contributed by atoms with van der Waals surface area (Å²) in [6.45, 7) is 1.48. The van der Waals surface area contributed by atoms with Gasteiger partial charge in [0.2, 0.25) is 0 Å². The van der Waals surface area contributed by atoms with Crippen molar-refractivity contribution in [2.75, 3.05) is 19.8 Å². The molecule has 10 nitrogen and oxygen atoms in total. The summed E-state index contributed by atoms with van der Waals surface area (Å²) in [6, 6.07) is 28.7. The first-order valence-corrected chi connectivity index (χ1v) is 16.8. The number of benzene rings is 4. The Morgan fingerprint density at radius 1 is 0.820 bits per heavy atom. The number of hydrogen-bond acceptors (Lipinski definition) is 9. The number of fused-ring (bicyclic) bond motifs is 2. The van der Waals surface area contributed by atoms with E-state index in [1.165, 1.54) is 0 Å². The molecule has 0 aliphatic carbocycles. The number of aliphatic hydroxyl groups excluding tert-OH is 1. The molecule has 7 rings (SSSR count). The number of aliphatic hydroxyl groups is 1. The van der Waals surface area contributed by atoms with E-state index in [1.54, 1.807) is 78.9 Å². The van der Waals surface area contributed by atoms with Gasteiger partial charge < -0.3 is 29.4 Å². The predicted octanol–water partition coefficient (Wildman–Crippen LogP) is 5.33. The van der Waals surface area contributed by atoms with E-state index in [2.05, 4.69) is 10.2 Å². The van der Waals surface area contributed by atoms with E-state index in [1.807, 2.05) is 36.4 Å². The average Bonchev–Trinajstić information content (AvgIpc) is 3.55.